The Bertz CT molecular complexity index is 1240. The van der Waals surface area contributed by atoms with E-state index >= 15 is 0 Å². The van der Waals surface area contributed by atoms with Gasteiger partial charge in [-0.3, -0.25) is 19.4 Å². The summed E-state index contributed by atoms with van der Waals surface area (Å²) >= 11 is 0.582. The highest BCUT2D eigenvalue weighted by molar-refractivity contribution is 6.13. The summed E-state index contributed by atoms with van der Waals surface area (Å²) < 4.78 is 39.0. The molecule has 2 aromatic heterocycles. The second kappa shape index (κ2) is 8.27. The summed E-state index contributed by atoms with van der Waals surface area (Å²) in [5, 5.41) is 5.39. The Morgan fingerprint density at radius 1 is 1.29 bits per heavy atom. The van der Waals surface area contributed by atoms with Crippen LogP contribution in [0.5, 0.6) is 0 Å². The molecule has 35 heavy (non-hydrogen) atoms. The number of rotatable bonds is 3. The predicted octanol–water partition coefficient (Wildman–Crippen LogP) is 0.563. The number of nitrogens with one attached hydrogen (secondary N) is 2. The zero-order valence-electron chi connectivity index (χ0n) is 19.0. The van der Waals surface area contributed by atoms with E-state index in [4.69, 9.17) is 0 Å². The van der Waals surface area contributed by atoms with E-state index in [9.17, 15) is 27.6 Å². The minimum Gasteiger partial charge on any atom is -0.340 e. The zero-order valence-corrected chi connectivity index (χ0v) is 21.0. The zero-order chi connectivity index (χ0) is 25.1. The minimum atomic E-state index is -4.52. The minimum absolute atomic E-state index is 0.0958. The molecule has 3 aliphatic rings. The third-order valence-corrected chi connectivity index (χ3v) is 8.77. The molecule has 0 unspecified atom stereocenters. The third kappa shape index (κ3) is 4.06. The molecule has 1 spiro atoms. The van der Waals surface area contributed by atoms with E-state index in [-0.39, 0.29) is 16.3 Å². The Kier molecular flexibility index (Phi) is 5.60. The number of carbonyl (C=O) groups is 3. The van der Waals surface area contributed by atoms with E-state index in [1.807, 2.05) is 0 Å². The van der Waals surface area contributed by atoms with Gasteiger partial charge in [-0.15, -0.1) is 0 Å². The van der Waals surface area contributed by atoms with Gasteiger partial charge in [0.2, 0.25) is 28.1 Å². The fraction of sp³-hybridized carbons (Fsp3) is 0.455. The summed E-state index contributed by atoms with van der Waals surface area (Å²) in [5.74, 6) is -1.07. The van der Waals surface area contributed by atoms with Crippen molar-refractivity contribution in [2.75, 3.05) is 11.9 Å². The first-order valence-corrected chi connectivity index (χ1v) is 12.4. The van der Waals surface area contributed by atoms with Crippen LogP contribution in [0, 0.1) is 0 Å². The molecule has 9 nitrogen and oxygen atoms in total. The van der Waals surface area contributed by atoms with Crippen molar-refractivity contribution in [1.82, 2.24) is 25.2 Å². The maximum atomic E-state index is 13.0. The van der Waals surface area contributed by atoms with Crippen LogP contribution in [0.25, 0.3) is 0 Å². The topological polar surface area (TPSA) is 117 Å². The summed E-state index contributed by atoms with van der Waals surface area (Å²) in [7, 11) is 0. The number of anilines is 1. The molecule has 3 amide bonds. The van der Waals surface area contributed by atoms with E-state index < -0.39 is 42.0 Å². The van der Waals surface area contributed by atoms with Crippen molar-refractivity contribution in [3.63, 3.8) is 0 Å². The quantitative estimate of drug-likeness (QED) is 0.593. The number of carbonyl (C=O) groups excluding carboxylic acids is 3. The van der Waals surface area contributed by atoms with Crippen LogP contribution < -0.4 is 10.6 Å². The van der Waals surface area contributed by atoms with Crippen LogP contribution in [-0.4, -0.2) is 78.7 Å². The first-order chi connectivity index (χ1) is 16.5. The first kappa shape index (κ1) is 23.7. The first-order valence-electron chi connectivity index (χ1n) is 11.3. The van der Waals surface area contributed by atoms with Gasteiger partial charge in [0, 0.05) is 36.1 Å². The SMILES string of the molecule is C[C@@H]1[C@H]([AlH2])C[C@H](NC(=O)c2cnc3c(c2)C[C@@]2(C3)C(=O)Nc3ncncc32)C(=O)N1CC(F)(F)F. The molecular formula is C22H22AlF3N6O3. The number of hydrogen-bond acceptors (Lipinski definition) is 6. The Morgan fingerprint density at radius 2 is 2.06 bits per heavy atom. The fourth-order valence-corrected chi connectivity index (χ4v) is 6.11. The number of pyridine rings is 1. The van der Waals surface area contributed by atoms with E-state index in [2.05, 4.69) is 25.6 Å². The van der Waals surface area contributed by atoms with E-state index in [1.165, 1.54) is 12.5 Å². The second-order valence-corrected chi connectivity index (χ2v) is 11.0. The number of alkyl halides is 3. The van der Waals surface area contributed by atoms with Crippen molar-refractivity contribution in [2.45, 2.75) is 54.6 Å². The molecule has 0 saturated carbocycles. The highest BCUT2D eigenvalue weighted by atomic mass is 27.0. The lowest BCUT2D eigenvalue weighted by molar-refractivity contribution is -0.169. The maximum absolute atomic E-state index is 13.0. The molecule has 4 heterocycles. The van der Waals surface area contributed by atoms with E-state index in [0.717, 1.165) is 4.90 Å². The van der Waals surface area contributed by atoms with Crippen LogP contribution in [0.3, 0.4) is 0 Å². The van der Waals surface area contributed by atoms with Crippen molar-refractivity contribution >= 4 is 39.8 Å². The van der Waals surface area contributed by atoms with Crippen molar-refractivity contribution in [3.05, 3.63) is 47.2 Å². The fourth-order valence-electron chi connectivity index (χ4n) is 5.28. The Labute approximate surface area is 206 Å². The normalized spacial score (nSPS) is 27.5. The van der Waals surface area contributed by atoms with Crippen LogP contribution in [-0.2, 0) is 27.8 Å². The maximum Gasteiger partial charge on any atom is 0.406 e. The lowest BCUT2D eigenvalue weighted by Crippen LogP contribution is -2.59. The molecule has 0 bridgehead atoms. The van der Waals surface area contributed by atoms with Gasteiger partial charge in [-0.1, -0.05) is 4.78 Å². The standard InChI is InChI=1S/C22H20F3N6O3.Al.2H/c1-11-2-3-15(19(33)31(11)9-22(23,24)25)29-18(32)13-4-12-5-21(6-16(12)27-7-13)14-8-26-10-28-17(14)30-20(21)34;;;/h2,4,7-8,10-11,15H,3,5-6,9H2,1H3,(H,29,32)(H,26,28,30,34);;;/t11-,15+,21+;;;/m1.../s1. The van der Waals surface area contributed by atoms with Gasteiger partial charge < -0.3 is 15.5 Å². The molecule has 1 saturated heterocycles. The molecule has 2 aromatic rings. The Hall–Kier alpha value is -3.04. The smallest absolute Gasteiger partial charge is 0.340 e. The average Bonchev–Trinajstić information content (AvgIpc) is 3.31. The number of piperidine rings is 1. The van der Waals surface area contributed by atoms with Crippen LogP contribution in [0.2, 0.25) is 4.78 Å². The molecule has 4 atom stereocenters. The Morgan fingerprint density at radius 3 is 2.80 bits per heavy atom. The van der Waals surface area contributed by atoms with Gasteiger partial charge in [0.05, 0.1) is 11.0 Å². The highest BCUT2D eigenvalue weighted by Gasteiger charge is 2.52. The van der Waals surface area contributed by atoms with Gasteiger partial charge in [-0.05, 0) is 31.4 Å². The monoisotopic (exact) mass is 502 g/mol. The number of aromatic nitrogens is 3. The Balaban J connectivity index is 1.34. The largest absolute Gasteiger partial charge is 0.406 e. The predicted molar refractivity (Wildman–Crippen MR) is 119 cm³/mol. The number of likely N-dealkylation sites (tertiary alicyclic amines) is 1. The number of hydrogen-bond donors (Lipinski definition) is 2. The lowest BCUT2D eigenvalue weighted by atomic mass is 9.80. The molecule has 2 N–H and O–H groups in total. The van der Waals surface area contributed by atoms with Crippen LogP contribution in [0.15, 0.2) is 24.8 Å². The van der Waals surface area contributed by atoms with E-state index in [0.29, 0.717) is 58.2 Å². The van der Waals surface area contributed by atoms with Gasteiger partial charge in [-0.2, -0.15) is 13.2 Å². The second-order valence-electron chi connectivity index (χ2n) is 9.57. The van der Waals surface area contributed by atoms with Crippen molar-refractivity contribution in [3.8, 4) is 0 Å². The average molecular weight is 502 g/mol. The van der Waals surface area contributed by atoms with E-state index in [1.54, 1.807) is 19.2 Å². The van der Waals surface area contributed by atoms with Gasteiger partial charge >= 0.3 is 6.18 Å². The summed E-state index contributed by atoms with van der Waals surface area (Å²) in [6.45, 7) is 0.274. The van der Waals surface area contributed by atoms with Crippen LogP contribution >= 0.6 is 0 Å². The lowest BCUT2D eigenvalue weighted by Gasteiger charge is -2.42. The summed E-state index contributed by atoms with van der Waals surface area (Å²) in [4.78, 5) is 52.0. The molecular weight excluding hydrogens is 480 g/mol. The molecule has 182 valence electrons. The molecule has 1 fully saturated rings. The number of amides is 3. The van der Waals surface area contributed by atoms with Crippen molar-refractivity contribution in [1.29, 1.82) is 0 Å². The molecule has 1 aliphatic carbocycles. The number of nitrogens with zero attached hydrogens (tertiary/aromatic N) is 4. The number of fused-ring (bicyclic) bond motifs is 3. The molecule has 2 aliphatic heterocycles. The van der Waals surface area contributed by atoms with Gasteiger partial charge in [0.25, 0.3) is 5.91 Å². The number of halogens is 3. The van der Waals surface area contributed by atoms with Gasteiger partial charge in [0.1, 0.15) is 24.7 Å². The van der Waals surface area contributed by atoms with Gasteiger partial charge in [0.15, 0.2) is 0 Å². The highest BCUT2D eigenvalue weighted by Crippen LogP contribution is 2.45. The summed E-state index contributed by atoms with van der Waals surface area (Å²) in [6.07, 6.45) is 0.746. The van der Waals surface area contributed by atoms with Crippen LogP contribution in [0.4, 0.5) is 19.0 Å². The van der Waals surface area contributed by atoms with Crippen molar-refractivity contribution in [2.24, 2.45) is 0 Å². The van der Waals surface area contributed by atoms with Gasteiger partial charge in [-0.25, -0.2) is 9.97 Å². The molecule has 13 heteroatoms. The molecule has 5 rings (SSSR count). The summed E-state index contributed by atoms with van der Waals surface area (Å²) in [6, 6.07) is 0.0577. The molecule has 0 aromatic carbocycles. The molecule has 0 radical (unpaired) electrons. The van der Waals surface area contributed by atoms with Crippen molar-refractivity contribution < 1.29 is 27.6 Å². The third-order valence-electron chi connectivity index (χ3n) is 7.34. The summed E-state index contributed by atoms with van der Waals surface area (Å²) in [5.41, 5.74) is 1.36. The van der Waals surface area contributed by atoms with Crippen LogP contribution in [0.1, 0.15) is 40.5 Å².